The largest absolute Gasteiger partial charge is 0.467 e. The summed E-state index contributed by atoms with van der Waals surface area (Å²) in [5.74, 6) is 1.07. The van der Waals surface area contributed by atoms with Gasteiger partial charge in [0.1, 0.15) is 11.6 Å². The minimum absolute atomic E-state index is 0.259. The summed E-state index contributed by atoms with van der Waals surface area (Å²) in [6.07, 6.45) is 3.18. The molecule has 0 fully saturated rings. The molecule has 0 unspecified atom stereocenters. The second kappa shape index (κ2) is 6.98. The van der Waals surface area contributed by atoms with Crippen molar-refractivity contribution < 1.29 is 12.8 Å². The van der Waals surface area contributed by atoms with Crippen molar-refractivity contribution in [3.63, 3.8) is 0 Å². The Hall–Kier alpha value is -2.80. The van der Waals surface area contributed by atoms with Crippen LogP contribution in [-0.4, -0.2) is 13.4 Å². The van der Waals surface area contributed by atoms with Crippen LogP contribution in [0.25, 0.3) is 0 Å². The molecular formula is C18H19N3O3S. The average Bonchev–Trinajstić information content (AvgIpc) is 3.09. The maximum Gasteiger partial charge on any atom is 0.263 e. The first kappa shape index (κ1) is 17.0. The molecule has 0 bridgehead atoms. The summed E-state index contributed by atoms with van der Waals surface area (Å²) in [4.78, 5) is 4.42. The van der Waals surface area contributed by atoms with E-state index in [2.05, 4.69) is 15.0 Å². The maximum absolute atomic E-state index is 12.6. The van der Waals surface area contributed by atoms with Gasteiger partial charge in [0.05, 0.1) is 29.6 Å². The van der Waals surface area contributed by atoms with Crippen LogP contribution in [0.1, 0.15) is 16.9 Å². The van der Waals surface area contributed by atoms with Crippen molar-refractivity contribution in [3.05, 3.63) is 71.8 Å². The van der Waals surface area contributed by atoms with Gasteiger partial charge in [0.2, 0.25) is 0 Å². The molecule has 0 amide bonds. The number of pyridine rings is 1. The summed E-state index contributed by atoms with van der Waals surface area (Å²) in [6, 6.07) is 12.4. The Bertz CT molecular complexity index is 950. The third-order valence-corrected chi connectivity index (χ3v) is 5.18. The van der Waals surface area contributed by atoms with Gasteiger partial charge in [0, 0.05) is 0 Å². The lowest BCUT2D eigenvalue weighted by Crippen LogP contribution is -2.15. The Kier molecular flexibility index (Phi) is 4.76. The molecule has 1 aromatic carbocycles. The predicted octanol–water partition coefficient (Wildman–Crippen LogP) is 3.70. The zero-order chi connectivity index (χ0) is 17.9. The van der Waals surface area contributed by atoms with E-state index in [4.69, 9.17) is 4.42 Å². The lowest BCUT2D eigenvalue weighted by Gasteiger charge is -2.11. The first-order chi connectivity index (χ1) is 11.9. The van der Waals surface area contributed by atoms with Gasteiger partial charge in [0.25, 0.3) is 10.0 Å². The fraction of sp³-hybridized carbons (Fsp3) is 0.167. The highest BCUT2D eigenvalue weighted by atomic mass is 32.2. The van der Waals surface area contributed by atoms with Crippen LogP contribution in [0.3, 0.4) is 0 Å². The Balaban J connectivity index is 1.71. The van der Waals surface area contributed by atoms with E-state index in [0.717, 1.165) is 17.0 Å². The number of nitrogens with one attached hydrogen (secondary N) is 2. The molecule has 3 rings (SSSR count). The lowest BCUT2D eigenvalue weighted by molar-refractivity contribution is 0.518. The molecule has 0 radical (unpaired) electrons. The van der Waals surface area contributed by atoms with E-state index in [1.54, 1.807) is 43.6 Å². The van der Waals surface area contributed by atoms with Crippen LogP contribution in [0.15, 0.2) is 64.2 Å². The molecule has 0 atom stereocenters. The summed E-state index contributed by atoms with van der Waals surface area (Å²) in [6.45, 7) is 4.15. The zero-order valence-corrected chi connectivity index (χ0v) is 14.8. The van der Waals surface area contributed by atoms with Gasteiger partial charge in [-0.25, -0.2) is 13.4 Å². The van der Waals surface area contributed by atoms with Crippen LogP contribution in [0.2, 0.25) is 0 Å². The molecule has 0 aliphatic heterocycles. The summed E-state index contributed by atoms with van der Waals surface area (Å²) in [5, 5.41) is 3.15. The van der Waals surface area contributed by atoms with Gasteiger partial charge in [-0.2, -0.15) is 0 Å². The SMILES string of the molecule is Cc1ccc(C)c(S(=O)(=O)Nc2ccc(NCc3ccco3)cn2)c1. The number of nitrogens with zero attached hydrogens (tertiary/aromatic N) is 1. The van der Waals surface area contributed by atoms with E-state index in [0.29, 0.717) is 12.1 Å². The smallest absolute Gasteiger partial charge is 0.263 e. The van der Waals surface area contributed by atoms with Crippen molar-refractivity contribution in [1.82, 2.24) is 4.98 Å². The van der Waals surface area contributed by atoms with E-state index in [1.807, 2.05) is 25.1 Å². The third kappa shape index (κ3) is 4.19. The Morgan fingerprint density at radius 2 is 1.96 bits per heavy atom. The molecule has 7 heteroatoms. The van der Waals surface area contributed by atoms with E-state index < -0.39 is 10.0 Å². The van der Waals surface area contributed by atoms with Crippen molar-refractivity contribution in [2.45, 2.75) is 25.3 Å². The number of furan rings is 1. The number of sulfonamides is 1. The highest BCUT2D eigenvalue weighted by Gasteiger charge is 2.17. The van der Waals surface area contributed by atoms with Gasteiger partial charge in [0.15, 0.2) is 0 Å². The summed E-state index contributed by atoms with van der Waals surface area (Å²) in [5.41, 5.74) is 2.34. The Morgan fingerprint density at radius 1 is 1.12 bits per heavy atom. The molecule has 2 aromatic heterocycles. The molecule has 0 saturated carbocycles. The van der Waals surface area contributed by atoms with Crippen molar-refractivity contribution in [2.24, 2.45) is 0 Å². The monoisotopic (exact) mass is 357 g/mol. The zero-order valence-electron chi connectivity index (χ0n) is 14.0. The van der Waals surface area contributed by atoms with Crippen LogP contribution in [0, 0.1) is 13.8 Å². The fourth-order valence-corrected chi connectivity index (χ4v) is 3.69. The van der Waals surface area contributed by atoms with Crippen LogP contribution in [0.5, 0.6) is 0 Å². The fourth-order valence-electron chi connectivity index (χ4n) is 2.35. The van der Waals surface area contributed by atoms with Gasteiger partial charge in [-0.1, -0.05) is 12.1 Å². The third-order valence-electron chi connectivity index (χ3n) is 3.68. The number of rotatable bonds is 6. The van der Waals surface area contributed by atoms with Crippen molar-refractivity contribution in [2.75, 3.05) is 10.0 Å². The second-order valence-electron chi connectivity index (χ2n) is 5.74. The number of hydrogen-bond acceptors (Lipinski definition) is 5. The summed E-state index contributed by atoms with van der Waals surface area (Å²) < 4.78 is 32.9. The van der Waals surface area contributed by atoms with Crippen LogP contribution in [-0.2, 0) is 16.6 Å². The number of anilines is 2. The highest BCUT2D eigenvalue weighted by Crippen LogP contribution is 2.20. The van der Waals surface area contributed by atoms with Crippen molar-refractivity contribution in [1.29, 1.82) is 0 Å². The highest BCUT2D eigenvalue weighted by molar-refractivity contribution is 7.92. The Labute approximate surface area is 147 Å². The number of hydrogen-bond donors (Lipinski definition) is 2. The molecule has 25 heavy (non-hydrogen) atoms. The van der Waals surface area contributed by atoms with Gasteiger partial charge < -0.3 is 9.73 Å². The lowest BCUT2D eigenvalue weighted by atomic mass is 10.2. The predicted molar refractivity (Wildman–Crippen MR) is 97.0 cm³/mol. The molecule has 0 aliphatic rings. The molecule has 0 aliphatic carbocycles. The van der Waals surface area contributed by atoms with E-state index in [9.17, 15) is 8.42 Å². The van der Waals surface area contributed by atoms with E-state index in [-0.39, 0.29) is 10.7 Å². The first-order valence-electron chi connectivity index (χ1n) is 7.76. The van der Waals surface area contributed by atoms with Crippen molar-refractivity contribution >= 4 is 21.5 Å². The van der Waals surface area contributed by atoms with Gasteiger partial charge in [-0.05, 0) is 55.3 Å². The molecule has 2 heterocycles. The molecule has 2 N–H and O–H groups in total. The van der Waals surface area contributed by atoms with Crippen LogP contribution >= 0.6 is 0 Å². The molecule has 0 saturated heterocycles. The average molecular weight is 357 g/mol. The van der Waals surface area contributed by atoms with Gasteiger partial charge >= 0.3 is 0 Å². The van der Waals surface area contributed by atoms with Crippen LogP contribution in [0.4, 0.5) is 11.5 Å². The summed E-state index contributed by atoms with van der Waals surface area (Å²) >= 11 is 0. The van der Waals surface area contributed by atoms with Gasteiger partial charge in [-0.15, -0.1) is 0 Å². The molecule has 3 aromatic rings. The van der Waals surface area contributed by atoms with E-state index in [1.165, 1.54) is 0 Å². The van der Waals surface area contributed by atoms with Gasteiger partial charge in [-0.3, -0.25) is 4.72 Å². The van der Waals surface area contributed by atoms with Crippen molar-refractivity contribution in [3.8, 4) is 0 Å². The number of benzene rings is 1. The number of aryl methyl sites for hydroxylation is 2. The minimum Gasteiger partial charge on any atom is -0.467 e. The molecule has 0 spiro atoms. The molecule has 130 valence electrons. The maximum atomic E-state index is 12.6. The topological polar surface area (TPSA) is 84.2 Å². The first-order valence-corrected chi connectivity index (χ1v) is 9.25. The molecule has 6 nitrogen and oxygen atoms in total. The van der Waals surface area contributed by atoms with Crippen LogP contribution < -0.4 is 10.0 Å². The number of aromatic nitrogens is 1. The normalized spacial score (nSPS) is 11.3. The van der Waals surface area contributed by atoms with E-state index >= 15 is 0 Å². The standard InChI is InChI=1S/C18H19N3O3S/c1-13-5-6-14(2)17(10-13)25(22,23)21-18-8-7-15(11-20-18)19-12-16-4-3-9-24-16/h3-11,19H,12H2,1-2H3,(H,20,21). The summed E-state index contributed by atoms with van der Waals surface area (Å²) in [7, 11) is -3.68. The quantitative estimate of drug-likeness (QED) is 0.703. The molecular weight excluding hydrogens is 338 g/mol. The minimum atomic E-state index is -3.68. The Morgan fingerprint density at radius 3 is 2.64 bits per heavy atom. The second-order valence-corrected chi connectivity index (χ2v) is 7.39.